The van der Waals surface area contributed by atoms with Gasteiger partial charge < -0.3 is 9.32 Å². The summed E-state index contributed by atoms with van der Waals surface area (Å²) in [6.07, 6.45) is 1.86. The van der Waals surface area contributed by atoms with Crippen LogP contribution in [-0.2, 0) is 10.0 Å². The number of piperidine rings is 1. The van der Waals surface area contributed by atoms with E-state index in [1.54, 1.807) is 4.90 Å². The Morgan fingerprint density at radius 2 is 2.15 bits per heavy atom. The van der Waals surface area contributed by atoms with Crippen molar-refractivity contribution in [2.24, 2.45) is 11.1 Å². The Morgan fingerprint density at radius 3 is 2.65 bits per heavy atom. The van der Waals surface area contributed by atoms with Crippen molar-refractivity contribution in [1.82, 2.24) is 4.90 Å². The Morgan fingerprint density at radius 1 is 1.50 bits per heavy atom. The van der Waals surface area contributed by atoms with Crippen LogP contribution < -0.4 is 5.14 Å². The lowest BCUT2D eigenvalue weighted by Crippen LogP contribution is -2.44. The average Bonchev–Trinajstić information content (AvgIpc) is 2.70. The number of halogens is 1. The number of nitrogens with zero attached hydrogens (tertiary/aromatic N) is 1. The average molecular weight is 365 g/mol. The number of likely N-dealkylation sites (tertiary alicyclic amines) is 1. The Balaban J connectivity index is 2.26. The first-order valence-electron chi connectivity index (χ1n) is 6.33. The summed E-state index contributed by atoms with van der Waals surface area (Å²) in [5, 5.41) is 5.05. The lowest BCUT2D eigenvalue weighted by Gasteiger charge is -2.35. The van der Waals surface area contributed by atoms with Gasteiger partial charge in [-0.2, -0.15) is 0 Å². The Labute approximate surface area is 126 Å². The molecule has 2 unspecified atom stereocenters. The number of carbonyl (C=O) groups excluding carboxylic acids is 1. The van der Waals surface area contributed by atoms with Gasteiger partial charge in [0.05, 0.1) is 0 Å². The van der Waals surface area contributed by atoms with E-state index >= 15 is 0 Å². The summed E-state index contributed by atoms with van der Waals surface area (Å²) in [5.74, 6) is 0.264. The Bertz CT molecular complexity index is 625. The zero-order valence-corrected chi connectivity index (χ0v) is 13.7. The molecule has 0 radical (unpaired) electrons. The van der Waals surface area contributed by atoms with Crippen molar-refractivity contribution >= 4 is 31.9 Å². The standard InChI is InChI=1S/C12H17BrN2O4S/c1-7-3-4-15(8(2)5-7)12(16)9-6-10(11(13)19-9)20(14,17)18/h6-8H,3-5H2,1-2H3,(H2,14,17,18). The lowest BCUT2D eigenvalue weighted by molar-refractivity contribution is 0.0555. The second-order valence-electron chi connectivity index (χ2n) is 5.27. The van der Waals surface area contributed by atoms with E-state index in [0.717, 1.165) is 12.8 Å². The summed E-state index contributed by atoms with van der Waals surface area (Å²) in [6.45, 7) is 4.78. The number of furan rings is 1. The highest BCUT2D eigenvalue weighted by atomic mass is 79.9. The molecule has 2 heterocycles. The number of hydrogen-bond donors (Lipinski definition) is 1. The predicted molar refractivity (Wildman–Crippen MR) is 76.7 cm³/mol. The molecule has 1 saturated heterocycles. The molecular formula is C12H17BrN2O4S. The summed E-state index contributed by atoms with van der Waals surface area (Å²) in [6, 6.07) is 1.28. The van der Waals surface area contributed by atoms with Gasteiger partial charge in [0.15, 0.2) is 10.4 Å². The molecule has 1 aliphatic rings. The summed E-state index contributed by atoms with van der Waals surface area (Å²) in [7, 11) is -3.91. The monoisotopic (exact) mass is 364 g/mol. The van der Waals surface area contributed by atoms with Gasteiger partial charge >= 0.3 is 0 Å². The van der Waals surface area contributed by atoms with E-state index in [1.807, 2.05) is 6.92 Å². The number of amides is 1. The predicted octanol–water partition coefficient (Wildman–Crippen LogP) is 1.95. The van der Waals surface area contributed by atoms with Crippen LogP contribution in [0.2, 0.25) is 0 Å². The van der Waals surface area contributed by atoms with Gasteiger partial charge in [0.25, 0.3) is 5.91 Å². The van der Waals surface area contributed by atoms with E-state index in [-0.39, 0.29) is 27.3 Å². The highest BCUT2D eigenvalue weighted by molar-refractivity contribution is 9.10. The molecule has 1 aromatic rings. The minimum atomic E-state index is -3.91. The molecule has 2 N–H and O–H groups in total. The van der Waals surface area contributed by atoms with Crippen LogP contribution in [0.5, 0.6) is 0 Å². The van der Waals surface area contributed by atoms with Crippen molar-refractivity contribution in [2.45, 2.75) is 37.6 Å². The smallest absolute Gasteiger partial charge is 0.289 e. The van der Waals surface area contributed by atoms with Gasteiger partial charge in [-0.1, -0.05) is 6.92 Å². The van der Waals surface area contributed by atoms with Crippen LogP contribution in [0.4, 0.5) is 0 Å². The van der Waals surface area contributed by atoms with Crippen LogP contribution >= 0.6 is 15.9 Å². The summed E-state index contributed by atoms with van der Waals surface area (Å²) in [4.78, 5) is 13.9. The van der Waals surface area contributed by atoms with Crippen molar-refractivity contribution in [1.29, 1.82) is 0 Å². The molecule has 112 valence electrons. The van der Waals surface area contributed by atoms with E-state index in [0.29, 0.717) is 12.5 Å². The highest BCUT2D eigenvalue weighted by Crippen LogP contribution is 2.28. The van der Waals surface area contributed by atoms with E-state index < -0.39 is 10.0 Å². The number of hydrogen-bond acceptors (Lipinski definition) is 4. The van der Waals surface area contributed by atoms with E-state index in [1.165, 1.54) is 6.07 Å². The normalized spacial score (nSPS) is 23.9. The largest absolute Gasteiger partial charge is 0.443 e. The summed E-state index contributed by atoms with van der Waals surface area (Å²) >= 11 is 2.97. The zero-order chi connectivity index (χ0) is 15.1. The fourth-order valence-electron chi connectivity index (χ4n) is 2.50. The maximum Gasteiger partial charge on any atom is 0.289 e. The first kappa shape index (κ1) is 15.5. The van der Waals surface area contributed by atoms with Crippen LogP contribution in [0.25, 0.3) is 0 Å². The topological polar surface area (TPSA) is 93.6 Å². The fraction of sp³-hybridized carbons (Fsp3) is 0.583. The van der Waals surface area contributed by atoms with Crippen molar-refractivity contribution in [3.05, 3.63) is 16.5 Å². The third-order valence-corrected chi connectivity index (χ3v) is 5.34. The summed E-state index contributed by atoms with van der Waals surface area (Å²) < 4.78 is 27.8. The summed E-state index contributed by atoms with van der Waals surface area (Å²) in [5.41, 5.74) is 0. The molecule has 0 aliphatic carbocycles. The third kappa shape index (κ3) is 3.07. The maximum atomic E-state index is 12.4. The van der Waals surface area contributed by atoms with Crippen molar-refractivity contribution < 1.29 is 17.6 Å². The van der Waals surface area contributed by atoms with Gasteiger partial charge in [-0.15, -0.1) is 0 Å². The van der Waals surface area contributed by atoms with Crippen molar-refractivity contribution in [3.8, 4) is 0 Å². The molecule has 1 aliphatic heterocycles. The van der Waals surface area contributed by atoms with E-state index in [9.17, 15) is 13.2 Å². The van der Waals surface area contributed by atoms with Gasteiger partial charge in [0.1, 0.15) is 4.90 Å². The van der Waals surface area contributed by atoms with E-state index in [4.69, 9.17) is 9.56 Å². The third-order valence-electron chi connectivity index (χ3n) is 3.57. The van der Waals surface area contributed by atoms with Crippen LogP contribution in [-0.4, -0.2) is 31.8 Å². The SMILES string of the molecule is CC1CCN(C(=O)c2cc(S(N)(=O)=O)c(Br)o2)C(C)C1. The molecule has 0 bridgehead atoms. The first-order chi connectivity index (χ1) is 9.20. The molecule has 8 heteroatoms. The van der Waals surface area contributed by atoms with Crippen LogP contribution in [0.1, 0.15) is 37.2 Å². The number of rotatable bonds is 2. The molecule has 6 nitrogen and oxygen atoms in total. The van der Waals surface area contributed by atoms with Crippen molar-refractivity contribution in [2.75, 3.05) is 6.54 Å². The minimum Gasteiger partial charge on any atom is -0.443 e. The molecule has 1 amide bonds. The zero-order valence-electron chi connectivity index (χ0n) is 11.3. The molecule has 2 rings (SSSR count). The van der Waals surface area contributed by atoms with Gasteiger partial charge in [-0.25, -0.2) is 13.6 Å². The Hall–Kier alpha value is -0.860. The second-order valence-corrected chi connectivity index (χ2v) is 7.52. The Kier molecular flexibility index (Phi) is 4.27. The number of sulfonamides is 1. The lowest BCUT2D eigenvalue weighted by atomic mass is 9.93. The molecule has 1 fully saturated rings. The van der Waals surface area contributed by atoms with Crippen LogP contribution in [0.15, 0.2) is 20.0 Å². The highest BCUT2D eigenvalue weighted by Gasteiger charge is 2.31. The molecule has 1 aromatic heterocycles. The molecular weight excluding hydrogens is 348 g/mol. The van der Waals surface area contributed by atoms with Crippen LogP contribution in [0.3, 0.4) is 0 Å². The molecule has 0 saturated carbocycles. The fourth-order valence-corrected chi connectivity index (χ4v) is 4.00. The van der Waals surface area contributed by atoms with Gasteiger partial charge in [-0.3, -0.25) is 4.79 Å². The number of nitrogens with two attached hydrogens (primary N) is 1. The molecule has 2 atom stereocenters. The van der Waals surface area contributed by atoms with Gasteiger partial charge in [0, 0.05) is 18.7 Å². The quantitative estimate of drug-likeness (QED) is 0.867. The molecule has 0 spiro atoms. The first-order valence-corrected chi connectivity index (χ1v) is 8.67. The minimum absolute atomic E-state index is 0.0118. The van der Waals surface area contributed by atoms with E-state index in [2.05, 4.69) is 22.9 Å². The molecule has 20 heavy (non-hydrogen) atoms. The van der Waals surface area contributed by atoms with Crippen LogP contribution in [0, 0.1) is 5.92 Å². The van der Waals surface area contributed by atoms with Gasteiger partial charge in [-0.05, 0) is 41.6 Å². The maximum absolute atomic E-state index is 12.4. The second kappa shape index (κ2) is 5.50. The van der Waals surface area contributed by atoms with Crippen molar-refractivity contribution in [3.63, 3.8) is 0 Å². The molecule has 0 aromatic carbocycles. The number of carbonyl (C=O) groups is 1. The van der Waals surface area contributed by atoms with Gasteiger partial charge in [0.2, 0.25) is 10.0 Å². The number of primary sulfonamides is 1.